The van der Waals surface area contributed by atoms with Crippen LogP contribution >= 0.6 is 0 Å². The van der Waals surface area contributed by atoms with Gasteiger partial charge in [-0.2, -0.15) is 0 Å². The van der Waals surface area contributed by atoms with Gasteiger partial charge in [0.05, 0.1) is 0 Å². The van der Waals surface area contributed by atoms with Crippen LogP contribution in [-0.4, -0.2) is 19.7 Å². The first kappa shape index (κ1) is 9.68. The molecular formula is C9H18OSn. The van der Waals surface area contributed by atoms with Crippen LogP contribution in [0.15, 0.2) is 0 Å². The Morgan fingerprint density at radius 3 is 2.55 bits per heavy atom. The second-order valence-electron chi connectivity index (χ2n) is 3.55. The van der Waals surface area contributed by atoms with E-state index in [4.69, 9.17) is 0 Å². The summed E-state index contributed by atoms with van der Waals surface area (Å²) in [6.07, 6.45) is 7.73. The fourth-order valence-corrected chi connectivity index (χ4v) is 7.97. The zero-order chi connectivity index (χ0) is 8.10. The molecule has 0 atom stereocenters. The number of rotatable bonds is 4. The van der Waals surface area contributed by atoms with Gasteiger partial charge in [0.15, 0.2) is 0 Å². The maximum absolute atomic E-state index is 11.7. The van der Waals surface area contributed by atoms with Gasteiger partial charge in [-0.1, -0.05) is 0 Å². The van der Waals surface area contributed by atoms with Gasteiger partial charge in [-0.3, -0.25) is 0 Å². The molecule has 11 heavy (non-hydrogen) atoms. The third kappa shape index (κ3) is 3.22. The number of hydrogen-bond donors (Lipinski definition) is 0. The van der Waals surface area contributed by atoms with E-state index in [1.54, 1.807) is 0 Å². The summed E-state index contributed by atoms with van der Waals surface area (Å²) in [7, 11) is 0. The molecule has 0 aliphatic heterocycles. The van der Waals surface area contributed by atoms with E-state index in [1.165, 1.54) is 38.5 Å². The van der Waals surface area contributed by atoms with E-state index in [9.17, 15) is 3.08 Å². The van der Waals surface area contributed by atoms with Crippen molar-refractivity contribution in [2.24, 2.45) is 0 Å². The Balaban J connectivity index is 2.17. The third-order valence-electron chi connectivity index (χ3n) is 2.59. The van der Waals surface area contributed by atoms with E-state index in [1.807, 2.05) is 0 Å². The standard InChI is InChI=1S/C5H9.C4H9.O.Sn/c1-2-4-5-3-1;1-3-4-2;;/h1H,2-5H2;1,3-4H2,2H3;;. The molecule has 0 aromatic heterocycles. The Kier molecular flexibility index (Phi) is 4.65. The predicted octanol–water partition coefficient (Wildman–Crippen LogP) is 3.15. The summed E-state index contributed by atoms with van der Waals surface area (Å²) in [5.41, 5.74) is 0. The van der Waals surface area contributed by atoms with Crippen molar-refractivity contribution in [3.05, 3.63) is 0 Å². The van der Waals surface area contributed by atoms with E-state index in [0.29, 0.717) is 0 Å². The van der Waals surface area contributed by atoms with Crippen molar-refractivity contribution >= 4 is 19.7 Å². The molecule has 0 spiro atoms. The fourth-order valence-electron chi connectivity index (χ4n) is 1.80. The average molecular weight is 261 g/mol. The predicted molar refractivity (Wildman–Crippen MR) is 48.4 cm³/mol. The van der Waals surface area contributed by atoms with Crippen LogP contribution in [0.25, 0.3) is 0 Å². The Bertz CT molecular complexity index is 128. The monoisotopic (exact) mass is 262 g/mol. The third-order valence-corrected chi connectivity index (χ3v) is 9.25. The Morgan fingerprint density at radius 1 is 1.36 bits per heavy atom. The van der Waals surface area contributed by atoms with E-state index < -0.39 is 19.7 Å². The fraction of sp³-hybridized carbons (Fsp3) is 1.00. The molecule has 1 nitrogen and oxygen atoms in total. The molecule has 2 heteroatoms. The molecule has 0 aromatic rings. The Labute approximate surface area is 76.7 Å². The zero-order valence-corrected chi connectivity index (χ0v) is 10.3. The Hall–Kier alpha value is 0.599. The van der Waals surface area contributed by atoms with Crippen molar-refractivity contribution in [2.75, 3.05) is 0 Å². The van der Waals surface area contributed by atoms with E-state index in [-0.39, 0.29) is 0 Å². The molecule has 0 heterocycles. The van der Waals surface area contributed by atoms with Crippen molar-refractivity contribution in [3.63, 3.8) is 0 Å². The molecule has 0 bridgehead atoms. The molecule has 1 fully saturated rings. The summed E-state index contributed by atoms with van der Waals surface area (Å²) in [6, 6.07) is 0. The van der Waals surface area contributed by atoms with Gasteiger partial charge in [-0.15, -0.1) is 0 Å². The van der Waals surface area contributed by atoms with Crippen LogP contribution < -0.4 is 0 Å². The van der Waals surface area contributed by atoms with Crippen molar-refractivity contribution in [2.45, 2.75) is 53.8 Å². The van der Waals surface area contributed by atoms with Gasteiger partial charge in [-0.25, -0.2) is 0 Å². The van der Waals surface area contributed by atoms with Gasteiger partial charge in [0.1, 0.15) is 0 Å². The maximum atomic E-state index is 11.7. The summed E-state index contributed by atoms with van der Waals surface area (Å²) in [4.78, 5) is 0. The first-order valence-corrected chi connectivity index (χ1v) is 9.70. The average Bonchev–Trinajstić information content (AvgIpc) is 2.52. The number of hydrogen-bond acceptors (Lipinski definition) is 1. The minimum atomic E-state index is -2.06. The van der Waals surface area contributed by atoms with E-state index in [0.717, 1.165) is 8.37 Å². The van der Waals surface area contributed by atoms with Crippen molar-refractivity contribution < 1.29 is 3.08 Å². The van der Waals surface area contributed by atoms with Crippen molar-refractivity contribution in [1.82, 2.24) is 0 Å². The molecule has 0 radical (unpaired) electrons. The first-order chi connectivity index (χ1) is 5.34. The summed E-state index contributed by atoms with van der Waals surface area (Å²) in [5, 5.41) is 0. The van der Waals surface area contributed by atoms with Crippen LogP contribution in [0, 0.1) is 0 Å². The second kappa shape index (κ2) is 5.28. The molecule has 1 rings (SSSR count). The second-order valence-corrected chi connectivity index (χ2v) is 9.97. The van der Waals surface area contributed by atoms with E-state index >= 15 is 0 Å². The number of unbranched alkanes of at least 4 members (excludes halogenated alkanes) is 1. The SMILES string of the molecule is CCC[CH2][Sn](=[O])[CH]1CCCC1. The van der Waals surface area contributed by atoms with Crippen LogP contribution in [0.4, 0.5) is 0 Å². The normalized spacial score (nSPS) is 19.0. The van der Waals surface area contributed by atoms with Crippen molar-refractivity contribution in [1.29, 1.82) is 0 Å². The quantitative estimate of drug-likeness (QED) is 0.710. The Morgan fingerprint density at radius 2 is 2.00 bits per heavy atom. The molecule has 64 valence electrons. The van der Waals surface area contributed by atoms with Crippen LogP contribution in [-0.2, 0) is 3.08 Å². The van der Waals surface area contributed by atoms with Gasteiger partial charge in [0.2, 0.25) is 0 Å². The van der Waals surface area contributed by atoms with Gasteiger partial charge < -0.3 is 0 Å². The molecule has 1 saturated carbocycles. The van der Waals surface area contributed by atoms with Crippen LogP contribution in [0.5, 0.6) is 0 Å². The molecule has 1 aliphatic carbocycles. The molecule has 0 amide bonds. The van der Waals surface area contributed by atoms with Gasteiger partial charge >= 0.3 is 76.6 Å². The van der Waals surface area contributed by atoms with E-state index in [2.05, 4.69) is 6.92 Å². The first-order valence-electron chi connectivity index (χ1n) is 4.87. The van der Waals surface area contributed by atoms with Crippen molar-refractivity contribution in [3.8, 4) is 0 Å². The van der Waals surface area contributed by atoms with Gasteiger partial charge in [0, 0.05) is 0 Å². The summed E-state index contributed by atoms with van der Waals surface area (Å²) in [5.74, 6) is 0. The molecule has 0 saturated heterocycles. The summed E-state index contributed by atoms with van der Waals surface area (Å²) in [6.45, 7) is 2.19. The molecule has 0 aromatic carbocycles. The zero-order valence-electron chi connectivity index (χ0n) is 7.44. The molecule has 1 aliphatic rings. The van der Waals surface area contributed by atoms with Gasteiger partial charge in [-0.05, 0) is 0 Å². The minimum absolute atomic E-state index is 0.726. The molecule has 0 unspecified atom stereocenters. The van der Waals surface area contributed by atoms with Crippen LogP contribution in [0.3, 0.4) is 0 Å². The topological polar surface area (TPSA) is 17.1 Å². The summed E-state index contributed by atoms with van der Waals surface area (Å²) >= 11 is -2.06. The van der Waals surface area contributed by atoms with Crippen LogP contribution in [0.1, 0.15) is 45.4 Å². The molecular weight excluding hydrogens is 243 g/mol. The summed E-state index contributed by atoms with van der Waals surface area (Å²) < 4.78 is 13.5. The van der Waals surface area contributed by atoms with Crippen LogP contribution in [0.2, 0.25) is 8.37 Å². The molecule has 0 N–H and O–H groups in total. The van der Waals surface area contributed by atoms with Gasteiger partial charge in [0.25, 0.3) is 0 Å².